The van der Waals surface area contributed by atoms with Crippen molar-refractivity contribution in [1.82, 2.24) is 10.2 Å². The second-order valence-electron chi connectivity index (χ2n) is 6.18. The predicted molar refractivity (Wildman–Crippen MR) is 93.0 cm³/mol. The molecule has 2 aliphatic rings. The number of halogens is 1. The third-order valence-corrected chi connectivity index (χ3v) is 4.98. The minimum Gasteiger partial charge on any atom is -0.481 e. The lowest BCUT2D eigenvalue weighted by Crippen LogP contribution is -2.41. The van der Waals surface area contributed by atoms with Gasteiger partial charge in [0.1, 0.15) is 0 Å². The maximum atomic E-state index is 12.6. The molecule has 1 N–H and O–H groups in total. The molecule has 0 aromatic heterocycles. The number of rotatable bonds is 4. The van der Waals surface area contributed by atoms with Crippen LogP contribution in [-0.4, -0.2) is 56.0 Å². The average Bonchev–Trinajstić information content (AvgIpc) is 3.03. The van der Waals surface area contributed by atoms with Gasteiger partial charge in [0.2, 0.25) is 0 Å². The molecule has 0 unspecified atom stereocenters. The number of likely N-dealkylation sites (tertiary alicyclic amines) is 1. The number of fused-ring (bicyclic) bond motifs is 1. The van der Waals surface area contributed by atoms with E-state index < -0.39 is 0 Å². The van der Waals surface area contributed by atoms with Crippen LogP contribution in [0.25, 0.3) is 0 Å². The molecule has 1 aromatic carbocycles. The number of nitrogens with one attached hydrogen (secondary N) is 1. The van der Waals surface area contributed by atoms with E-state index >= 15 is 0 Å². The SMILES string of the molecule is CCN1CCC[C@@H]1CNC(=O)c1cc(Cl)cc2c1OCC(=O)N2C. The minimum atomic E-state index is -0.223. The molecule has 1 atom stereocenters. The Labute approximate surface area is 146 Å². The number of nitrogens with zero attached hydrogens (tertiary/aromatic N) is 2. The van der Waals surface area contributed by atoms with Crippen molar-refractivity contribution < 1.29 is 14.3 Å². The van der Waals surface area contributed by atoms with Crippen molar-refractivity contribution in [3.8, 4) is 5.75 Å². The summed E-state index contributed by atoms with van der Waals surface area (Å²) in [5.74, 6) is 0.0258. The molecular weight excluding hydrogens is 330 g/mol. The van der Waals surface area contributed by atoms with Crippen LogP contribution in [0.4, 0.5) is 5.69 Å². The van der Waals surface area contributed by atoms with Gasteiger partial charge in [-0.05, 0) is 38.1 Å². The Hall–Kier alpha value is -1.79. The third-order valence-electron chi connectivity index (χ3n) is 4.76. The molecule has 1 saturated heterocycles. The van der Waals surface area contributed by atoms with E-state index in [4.69, 9.17) is 16.3 Å². The van der Waals surface area contributed by atoms with Crippen LogP contribution in [0.5, 0.6) is 5.75 Å². The van der Waals surface area contributed by atoms with Gasteiger partial charge in [-0.3, -0.25) is 14.5 Å². The topological polar surface area (TPSA) is 61.9 Å². The summed E-state index contributed by atoms with van der Waals surface area (Å²) in [6, 6.07) is 3.60. The number of ether oxygens (including phenoxy) is 1. The van der Waals surface area contributed by atoms with Crippen molar-refractivity contribution >= 4 is 29.1 Å². The molecule has 6 nitrogen and oxygen atoms in total. The number of carbonyl (C=O) groups excluding carboxylic acids is 2. The molecule has 0 radical (unpaired) electrons. The van der Waals surface area contributed by atoms with Crippen molar-refractivity contribution in [1.29, 1.82) is 0 Å². The lowest BCUT2D eigenvalue weighted by molar-refractivity contribution is -0.121. The normalized spacial score (nSPS) is 20.7. The molecule has 130 valence electrons. The van der Waals surface area contributed by atoms with Crippen molar-refractivity contribution in [2.75, 3.05) is 38.2 Å². The summed E-state index contributed by atoms with van der Waals surface area (Å²) in [5.41, 5.74) is 0.901. The third kappa shape index (κ3) is 3.21. The van der Waals surface area contributed by atoms with Crippen molar-refractivity contribution in [2.45, 2.75) is 25.8 Å². The fraction of sp³-hybridized carbons (Fsp3) is 0.529. The summed E-state index contributed by atoms with van der Waals surface area (Å²) in [6.45, 7) is 4.73. The molecule has 2 aliphatic heterocycles. The Morgan fingerprint density at radius 3 is 3.00 bits per heavy atom. The van der Waals surface area contributed by atoms with Crippen LogP contribution >= 0.6 is 11.6 Å². The van der Waals surface area contributed by atoms with E-state index in [1.54, 1.807) is 19.2 Å². The maximum absolute atomic E-state index is 12.6. The highest BCUT2D eigenvalue weighted by Gasteiger charge is 2.29. The molecule has 2 amide bonds. The molecule has 3 rings (SSSR count). The Bertz CT molecular complexity index is 665. The Morgan fingerprint density at radius 2 is 2.25 bits per heavy atom. The molecule has 0 aliphatic carbocycles. The predicted octanol–water partition coefficient (Wildman–Crippen LogP) is 1.91. The summed E-state index contributed by atoms with van der Waals surface area (Å²) in [5, 5.41) is 3.39. The first-order valence-corrected chi connectivity index (χ1v) is 8.64. The quantitative estimate of drug-likeness (QED) is 0.900. The number of likely N-dealkylation sites (N-methyl/N-ethyl adjacent to an activating group) is 2. The minimum absolute atomic E-state index is 0.0718. The largest absolute Gasteiger partial charge is 0.481 e. The first-order chi connectivity index (χ1) is 11.5. The summed E-state index contributed by atoms with van der Waals surface area (Å²) >= 11 is 6.13. The smallest absolute Gasteiger partial charge is 0.264 e. The zero-order chi connectivity index (χ0) is 17.3. The van der Waals surface area contributed by atoms with Gasteiger partial charge in [0, 0.05) is 24.7 Å². The lowest BCUT2D eigenvalue weighted by Gasteiger charge is -2.28. The van der Waals surface area contributed by atoms with Crippen molar-refractivity contribution in [2.24, 2.45) is 0 Å². The van der Waals surface area contributed by atoms with Crippen LogP contribution < -0.4 is 15.0 Å². The van der Waals surface area contributed by atoms with E-state index in [2.05, 4.69) is 17.1 Å². The molecule has 7 heteroatoms. The number of anilines is 1. The van der Waals surface area contributed by atoms with E-state index in [1.165, 1.54) is 4.90 Å². The molecule has 1 aromatic rings. The van der Waals surface area contributed by atoms with Crippen molar-refractivity contribution in [3.05, 3.63) is 22.7 Å². The Kier molecular flexibility index (Phi) is 4.96. The molecular formula is C17H22ClN3O3. The van der Waals surface area contributed by atoms with Crippen LogP contribution in [0.15, 0.2) is 12.1 Å². The van der Waals surface area contributed by atoms with Crippen LogP contribution in [0.2, 0.25) is 5.02 Å². The Morgan fingerprint density at radius 1 is 1.46 bits per heavy atom. The molecule has 0 saturated carbocycles. The highest BCUT2D eigenvalue weighted by Crippen LogP contribution is 2.37. The van der Waals surface area contributed by atoms with Gasteiger partial charge < -0.3 is 15.0 Å². The monoisotopic (exact) mass is 351 g/mol. The first kappa shape index (κ1) is 17.0. The zero-order valence-corrected chi connectivity index (χ0v) is 14.7. The van der Waals surface area contributed by atoms with Gasteiger partial charge in [-0.2, -0.15) is 0 Å². The van der Waals surface area contributed by atoms with Crippen LogP contribution in [0, 0.1) is 0 Å². The van der Waals surface area contributed by atoms with Gasteiger partial charge >= 0.3 is 0 Å². The van der Waals surface area contributed by atoms with Crippen LogP contribution in [-0.2, 0) is 4.79 Å². The van der Waals surface area contributed by atoms with Gasteiger partial charge in [-0.1, -0.05) is 18.5 Å². The van der Waals surface area contributed by atoms with Crippen LogP contribution in [0.3, 0.4) is 0 Å². The van der Waals surface area contributed by atoms with Crippen molar-refractivity contribution in [3.63, 3.8) is 0 Å². The molecule has 2 heterocycles. The fourth-order valence-corrected chi connectivity index (χ4v) is 3.57. The summed E-state index contributed by atoms with van der Waals surface area (Å²) in [4.78, 5) is 28.2. The van der Waals surface area contributed by atoms with Gasteiger partial charge in [0.15, 0.2) is 12.4 Å². The summed E-state index contributed by atoms with van der Waals surface area (Å²) < 4.78 is 5.51. The molecule has 0 bridgehead atoms. The highest BCUT2D eigenvalue weighted by atomic mass is 35.5. The van der Waals surface area contributed by atoms with E-state index in [0.29, 0.717) is 34.6 Å². The molecule has 0 spiro atoms. The highest BCUT2D eigenvalue weighted by molar-refractivity contribution is 6.31. The maximum Gasteiger partial charge on any atom is 0.264 e. The van der Waals surface area contributed by atoms with E-state index in [9.17, 15) is 9.59 Å². The number of hydrogen-bond acceptors (Lipinski definition) is 4. The molecule has 24 heavy (non-hydrogen) atoms. The van der Waals surface area contributed by atoms with E-state index in [0.717, 1.165) is 25.9 Å². The van der Waals surface area contributed by atoms with E-state index in [1.807, 2.05) is 0 Å². The van der Waals surface area contributed by atoms with Crippen LogP contribution in [0.1, 0.15) is 30.1 Å². The van der Waals surface area contributed by atoms with E-state index in [-0.39, 0.29) is 18.4 Å². The summed E-state index contributed by atoms with van der Waals surface area (Å²) in [6.07, 6.45) is 2.26. The Balaban J connectivity index is 1.78. The second-order valence-corrected chi connectivity index (χ2v) is 6.61. The average molecular weight is 352 g/mol. The fourth-order valence-electron chi connectivity index (χ4n) is 3.36. The van der Waals surface area contributed by atoms with Gasteiger partial charge in [-0.25, -0.2) is 0 Å². The standard InChI is InChI=1S/C17H22ClN3O3/c1-3-21-6-4-5-12(21)9-19-17(23)13-7-11(18)8-14-16(13)24-10-15(22)20(14)2/h7-8,12H,3-6,9-10H2,1-2H3,(H,19,23)/t12-/m1/s1. The molecule has 1 fully saturated rings. The number of amides is 2. The second kappa shape index (κ2) is 6.99. The van der Waals surface area contributed by atoms with Gasteiger partial charge in [0.05, 0.1) is 11.3 Å². The zero-order valence-electron chi connectivity index (χ0n) is 14.0. The summed E-state index contributed by atoms with van der Waals surface area (Å²) in [7, 11) is 1.65. The van der Waals surface area contributed by atoms with Gasteiger partial charge in [-0.15, -0.1) is 0 Å². The lowest BCUT2D eigenvalue weighted by atomic mass is 10.1. The number of carbonyl (C=O) groups is 2. The first-order valence-electron chi connectivity index (χ1n) is 8.26. The van der Waals surface area contributed by atoms with Gasteiger partial charge in [0.25, 0.3) is 11.8 Å². The number of benzene rings is 1. The number of hydrogen-bond donors (Lipinski definition) is 1.